The highest BCUT2D eigenvalue weighted by Gasteiger charge is 2.15. The van der Waals surface area contributed by atoms with Gasteiger partial charge in [-0.25, -0.2) is 9.89 Å². The number of esters is 1. The van der Waals surface area contributed by atoms with E-state index in [0.717, 1.165) is 0 Å². The van der Waals surface area contributed by atoms with Crippen LogP contribution in [0.2, 0.25) is 5.02 Å². The number of nitrogens with one attached hydrogen (secondary N) is 1. The number of rotatable bonds is 1. The van der Waals surface area contributed by atoms with Gasteiger partial charge in [-0.05, 0) is 6.92 Å². The summed E-state index contributed by atoms with van der Waals surface area (Å²) in [7, 11) is 1.21. The van der Waals surface area contributed by atoms with E-state index in [-0.39, 0.29) is 16.3 Å². The van der Waals surface area contributed by atoms with E-state index >= 15 is 0 Å². The predicted octanol–water partition coefficient (Wildman–Crippen LogP) is 0.518. The van der Waals surface area contributed by atoms with Gasteiger partial charge in [0.15, 0.2) is 5.69 Å². The first-order chi connectivity index (χ1) is 6.07. The fraction of sp³-hybridized carbons (Fsp3) is 0.286. The van der Waals surface area contributed by atoms with Crippen LogP contribution in [0.3, 0.4) is 0 Å². The monoisotopic (exact) mass is 202 g/mol. The fourth-order valence-electron chi connectivity index (χ4n) is 0.749. The molecule has 0 atom stereocenters. The van der Waals surface area contributed by atoms with Crippen molar-refractivity contribution in [2.75, 3.05) is 7.11 Å². The largest absolute Gasteiger partial charge is 0.464 e. The van der Waals surface area contributed by atoms with E-state index in [0.29, 0.717) is 0 Å². The number of hydrogen-bond acceptors (Lipinski definition) is 4. The summed E-state index contributed by atoms with van der Waals surface area (Å²) >= 11 is 5.69. The Morgan fingerprint density at radius 1 is 1.62 bits per heavy atom. The first kappa shape index (κ1) is 9.73. The van der Waals surface area contributed by atoms with Crippen LogP contribution in [-0.4, -0.2) is 23.3 Å². The molecule has 0 amide bonds. The topological polar surface area (TPSA) is 72.0 Å². The van der Waals surface area contributed by atoms with Crippen molar-refractivity contribution in [1.29, 1.82) is 0 Å². The summed E-state index contributed by atoms with van der Waals surface area (Å²) in [6, 6.07) is 0. The first-order valence-corrected chi connectivity index (χ1v) is 3.78. The normalized spacial score (nSPS) is 9.77. The Morgan fingerprint density at radius 3 is 2.77 bits per heavy atom. The maximum atomic E-state index is 11.0. The van der Waals surface area contributed by atoms with E-state index in [1.54, 1.807) is 0 Å². The molecule has 1 rings (SSSR count). The highest BCUT2D eigenvalue weighted by atomic mass is 35.5. The van der Waals surface area contributed by atoms with Crippen LogP contribution in [-0.2, 0) is 4.74 Å². The van der Waals surface area contributed by atoms with Crippen LogP contribution in [0, 0.1) is 6.92 Å². The van der Waals surface area contributed by atoms with Crippen LogP contribution in [0.4, 0.5) is 0 Å². The van der Waals surface area contributed by atoms with Crippen molar-refractivity contribution in [3.8, 4) is 0 Å². The molecule has 0 unspecified atom stereocenters. The average molecular weight is 203 g/mol. The van der Waals surface area contributed by atoms with Crippen molar-refractivity contribution in [2.45, 2.75) is 6.92 Å². The summed E-state index contributed by atoms with van der Waals surface area (Å²) in [5.74, 6) is -0.677. The zero-order chi connectivity index (χ0) is 10.0. The standard InChI is InChI=1S/C7H7ClN2O3/c1-3-4(8)5(7(12)13-2)9-10-6(3)11/h1-2H3,(H,10,11). The zero-order valence-corrected chi connectivity index (χ0v) is 7.81. The SMILES string of the molecule is COC(=O)c1n[nH]c(=O)c(C)c1Cl. The van der Waals surface area contributed by atoms with Gasteiger partial charge in [0.1, 0.15) is 0 Å². The van der Waals surface area contributed by atoms with Gasteiger partial charge in [0, 0.05) is 5.56 Å². The number of H-pyrrole nitrogens is 1. The minimum absolute atomic E-state index is 0.0237. The molecule has 0 aliphatic heterocycles. The molecule has 0 fully saturated rings. The van der Waals surface area contributed by atoms with E-state index in [2.05, 4.69) is 14.9 Å². The summed E-state index contributed by atoms with van der Waals surface area (Å²) < 4.78 is 4.40. The Kier molecular flexibility index (Phi) is 2.67. The van der Waals surface area contributed by atoms with E-state index in [4.69, 9.17) is 11.6 Å². The van der Waals surface area contributed by atoms with Crippen molar-refractivity contribution in [3.63, 3.8) is 0 Å². The van der Waals surface area contributed by atoms with Gasteiger partial charge in [0.25, 0.3) is 5.56 Å². The van der Waals surface area contributed by atoms with E-state index in [1.165, 1.54) is 14.0 Å². The smallest absolute Gasteiger partial charge is 0.360 e. The molecule has 0 aliphatic carbocycles. The highest BCUT2D eigenvalue weighted by molar-refractivity contribution is 6.33. The van der Waals surface area contributed by atoms with E-state index in [1.807, 2.05) is 0 Å². The average Bonchev–Trinajstić information content (AvgIpc) is 2.13. The lowest BCUT2D eigenvalue weighted by atomic mass is 10.3. The number of carbonyl (C=O) groups is 1. The van der Waals surface area contributed by atoms with E-state index < -0.39 is 11.5 Å². The summed E-state index contributed by atoms with van der Waals surface area (Å²) in [4.78, 5) is 22.0. The molecule has 1 aromatic rings. The molecule has 13 heavy (non-hydrogen) atoms. The second-order valence-electron chi connectivity index (χ2n) is 2.33. The number of hydrogen-bond donors (Lipinski definition) is 1. The molecule has 0 radical (unpaired) electrons. The number of ether oxygens (including phenoxy) is 1. The number of aromatic nitrogens is 2. The van der Waals surface area contributed by atoms with Gasteiger partial charge >= 0.3 is 5.97 Å². The maximum Gasteiger partial charge on any atom is 0.360 e. The van der Waals surface area contributed by atoms with Gasteiger partial charge in [-0.3, -0.25) is 4.79 Å². The number of carbonyl (C=O) groups excluding carboxylic acids is 1. The molecule has 0 bridgehead atoms. The summed E-state index contributed by atoms with van der Waals surface area (Å²) in [5.41, 5.74) is -0.254. The Labute approximate surface area is 78.7 Å². The molecule has 70 valence electrons. The molecular weight excluding hydrogens is 196 g/mol. The van der Waals surface area contributed by atoms with Crippen LogP contribution < -0.4 is 5.56 Å². The van der Waals surface area contributed by atoms with Crippen LogP contribution in [0.15, 0.2) is 4.79 Å². The zero-order valence-electron chi connectivity index (χ0n) is 7.05. The second-order valence-corrected chi connectivity index (χ2v) is 2.71. The first-order valence-electron chi connectivity index (χ1n) is 3.41. The summed E-state index contributed by atoms with van der Waals surface area (Å²) in [6.07, 6.45) is 0. The van der Waals surface area contributed by atoms with Gasteiger partial charge < -0.3 is 4.74 Å². The molecule has 1 aromatic heterocycles. The van der Waals surface area contributed by atoms with Crippen molar-refractivity contribution >= 4 is 17.6 Å². The van der Waals surface area contributed by atoms with Crippen molar-refractivity contribution in [3.05, 3.63) is 26.6 Å². The lowest BCUT2D eigenvalue weighted by Crippen LogP contribution is -2.17. The van der Waals surface area contributed by atoms with Gasteiger partial charge in [-0.15, -0.1) is 0 Å². The van der Waals surface area contributed by atoms with Crippen molar-refractivity contribution in [2.24, 2.45) is 0 Å². The van der Waals surface area contributed by atoms with Crippen molar-refractivity contribution in [1.82, 2.24) is 10.2 Å². The van der Waals surface area contributed by atoms with Gasteiger partial charge in [-0.1, -0.05) is 11.6 Å². The molecule has 0 aromatic carbocycles. The quantitative estimate of drug-likeness (QED) is 0.674. The minimum atomic E-state index is -0.677. The predicted molar refractivity (Wildman–Crippen MR) is 45.9 cm³/mol. The Morgan fingerprint density at radius 2 is 2.23 bits per heavy atom. The van der Waals surface area contributed by atoms with E-state index in [9.17, 15) is 9.59 Å². The Bertz CT molecular complexity index is 399. The second kappa shape index (κ2) is 3.57. The van der Waals surface area contributed by atoms with Crippen LogP contribution in [0.1, 0.15) is 16.1 Å². The van der Waals surface area contributed by atoms with Gasteiger partial charge in [0.05, 0.1) is 12.1 Å². The fourth-order valence-corrected chi connectivity index (χ4v) is 0.954. The lowest BCUT2D eigenvalue weighted by molar-refractivity contribution is 0.0592. The van der Waals surface area contributed by atoms with Crippen LogP contribution in [0.5, 0.6) is 0 Å². The third-order valence-electron chi connectivity index (χ3n) is 1.53. The number of methoxy groups -OCH3 is 1. The molecule has 1 N–H and O–H groups in total. The molecule has 0 saturated carbocycles. The lowest BCUT2D eigenvalue weighted by Gasteiger charge is -2.01. The molecular formula is C7H7ClN2O3. The minimum Gasteiger partial charge on any atom is -0.464 e. The maximum absolute atomic E-state index is 11.0. The Hall–Kier alpha value is -1.36. The van der Waals surface area contributed by atoms with Gasteiger partial charge in [0.2, 0.25) is 0 Å². The van der Waals surface area contributed by atoms with Crippen LogP contribution in [0.25, 0.3) is 0 Å². The molecule has 5 nitrogen and oxygen atoms in total. The third-order valence-corrected chi connectivity index (χ3v) is 1.99. The third kappa shape index (κ3) is 1.70. The number of halogens is 1. The Balaban J connectivity index is 3.34. The van der Waals surface area contributed by atoms with Crippen LogP contribution >= 0.6 is 11.6 Å². The summed E-state index contributed by atoms with van der Waals surface area (Å²) in [5, 5.41) is 5.62. The molecule has 1 heterocycles. The van der Waals surface area contributed by atoms with Crippen molar-refractivity contribution < 1.29 is 9.53 Å². The number of aromatic amines is 1. The summed E-state index contributed by atoms with van der Waals surface area (Å²) in [6.45, 7) is 1.50. The molecule has 0 spiro atoms. The molecule has 6 heteroatoms. The number of nitrogens with zero attached hydrogens (tertiary/aromatic N) is 1. The van der Waals surface area contributed by atoms with Gasteiger partial charge in [-0.2, -0.15) is 5.10 Å². The molecule has 0 aliphatic rings. The molecule has 0 saturated heterocycles. The highest BCUT2D eigenvalue weighted by Crippen LogP contribution is 2.14.